The molecule has 4 aromatic rings. The van der Waals surface area contributed by atoms with E-state index < -0.39 is 0 Å². The van der Waals surface area contributed by atoms with Crippen LogP contribution in [0.15, 0.2) is 97.1 Å². The highest BCUT2D eigenvalue weighted by Crippen LogP contribution is 2.34. The van der Waals surface area contributed by atoms with Gasteiger partial charge in [0.1, 0.15) is 0 Å². The normalized spacial score (nSPS) is 11.0. The zero-order valence-electron chi connectivity index (χ0n) is 17.8. The molecule has 0 aliphatic rings. The topological polar surface area (TPSA) is 3.24 Å². The van der Waals surface area contributed by atoms with E-state index in [9.17, 15) is 0 Å². The Kier molecular flexibility index (Phi) is 5.81. The van der Waals surface area contributed by atoms with Gasteiger partial charge in [-0.15, -0.1) is 0 Å². The number of hydrogen-bond donors (Lipinski definition) is 0. The number of benzene rings is 4. The molecular formula is C29H27N. The quantitative estimate of drug-likeness (QED) is 0.311. The van der Waals surface area contributed by atoms with Gasteiger partial charge in [0.2, 0.25) is 0 Å². The Morgan fingerprint density at radius 3 is 1.43 bits per heavy atom. The highest BCUT2D eigenvalue weighted by molar-refractivity contribution is 5.78. The van der Waals surface area contributed by atoms with Crippen molar-refractivity contribution in [2.24, 2.45) is 0 Å². The van der Waals surface area contributed by atoms with Crippen LogP contribution in [0.3, 0.4) is 0 Å². The monoisotopic (exact) mass is 389 g/mol. The summed E-state index contributed by atoms with van der Waals surface area (Å²) in [6, 6.07) is 34.7. The van der Waals surface area contributed by atoms with Crippen LogP contribution >= 0.6 is 0 Å². The molecular weight excluding hydrogens is 362 g/mol. The summed E-state index contributed by atoms with van der Waals surface area (Å²) in [5, 5.41) is 0. The van der Waals surface area contributed by atoms with Gasteiger partial charge in [-0.25, -0.2) is 0 Å². The molecule has 4 rings (SSSR count). The van der Waals surface area contributed by atoms with Gasteiger partial charge >= 0.3 is 0 Å². The van der Waals surface area contributed by atoms with E-state index in [1.54, 1.807) is 0 Å². The molecule has 30 heavy (non-hydrogen) atoms. The lowest BCUT2D eigenvalue weighted by atomic mass is 10.1. The molecule has 1 nitrogen and oxygen atoms in total. The van der Waals surface area contributed by atoms with E-state index in [0.29, 0.717) is 0 Å². The summed E-state index contributed by atoms with van der Waals surface area (Å²) in [4.78, 5) is 2.30. The molecule has 0 N–H and O–H groups in total. The summed E-state index contributed by atoms with van der Waals surface area (Å²) < 4.78 is 0. The Bertz CT molecular complexity index is 1090. The van der Waals surface area contributed by atoms with Crippen molar-refractivity contribution in [1.29, 1.82) is 0 Å². The summed E-state index contributed by atoms with van der Waals surface area (Å²) in [6.07, 6.45) is 4.33. The Hall–Kier alpha value is -3.58. The highest BCUT2D eigenvalue weighted by atomic mass is 15.1. The van der Waals surface area contributed by atoms with Crippen molar-refractivity contribution < 1.29 is 0 Å². The van der Waals surface area contributed by atoms with Crippen LogP contribution in [0.25, 0.3) is 12.2 Å². The maximum Gasteiger partial charge on any atom is 0.0462 e. The molecule has 0 aliphatic carbocycles. The van der Waals surface area contributed by atoms with E-state index in [1.807, 2.05) is 0 Å². The molecule has 0 heterocycles. The maximum atomic E-state index is 2.30. The minimum Gasteiger partial charge on any atom is -0.311 e. The molecule has 0 spiro atoms. The van der Waals surface area contributed by atoms with E-state index in [-0.39, 0.29) is 0 Å². The first kappa shape index (κ1) is 19.7. The molecule has 0 bridgehead atoms. The molecule has 1 heteroatoms. The molecule has 0 saturated heterocycles. The van der Waals surface area contributed by atoms with Crippen LogP contribution in [0.5, 0.6) is 0 Å². The van der Waals surface area contributed by atoms with Crippen molar-refractivity contribution in [2.75, 3.05) is 4.90 Å². The predicted octanol–water partition coefficient (Wildman–Crippen LogP) is 8.25. The van der Waals surface area contributed by atoms with Gasteiger partial charge in [0.15, 0.2) is 0 Å². The zero-order chi connectivity index (χ0) is 20.9. The van der Waals surface area contributed by atoms with E-state index >= 15 is 0 Å². The van der Waals surface area contributed by atoms with Crippen molar-refractivity contribution in [1.82, 2.24) is 0 Å². The van der Waals surface area contributed by atoms with Gasteiger partial charge in [-0.3, -0.25) is 0 Å². The Balaban J connectivity index is 1.65. The Morgan fingerprint density at radius 2 is 0.933 bits per heavy atom. The van der Waals surface area contributed by atoms with Crippen LogP contribution in [-0.4, -0.2) is 0 Å². The fourth-order valence-corrected chi connectivity index (χ4v) is 3.54. The predicted molar refractivity (Wildman–Crippen MR) is 131 cm³/mol. The SMILES string of the molecule is Cc1ccc(N(c2ccc(C)cc2)c2ccc(/C=C/c3cccc(C)c3)cc2)cc1. The van der Waals surface area contributed by atoms with Crippen LogP contribution < -0.4 is 4.90 Å². The summed E-state index contributed by atoms with van der Waals surface area (Å²) >= 11 is 0. The summed E-state index contributed by atoms with van der Waals surface area (Å²) in [6.45, 7) is 6.36. The first-order valence-corrected chi connectivity index (χ1v) is 10.4. The van der Waals surface area contributed by atoms with Crippen molar-refractivity contribution in [3.63, 3.8) is 0 Å². The Labute approximate surface area is 179 Å². The number of hydrogen-bond acceptors (Lipinski definition) is 1. The van der Waals surface area contributed by atoms with Crippen LogP contribution in [-0.2, 0) is 0 Å². The smallest absolute Gasteiger partial charge is 0.0462 e. The van der Waals surface area contributed by atoms with Gasteiger partial charge in [0.25, 0.3) is 0 Å². The molecule has 0 fully saturated rings. The third-order valence-corrected chi connectivity index (χ3v) is 5.25. The lowest BCUT2D eigenvalue weighted by Crippen LogP contribution is -2.09. The van der Waals surface area contributed by atoms with Crippen molar-refractivity contribution in [3.8, 4) is 0 Å². The van der Waals surface area contributed by atoms with E-state index in [1.165, 1.54) is 27.8 Å². The first-order valence-electron chi connectivity index (χ1n) is 10.4. The molecule has 0 amide bonds. The van der Waals surface area contributed by atoms with Crippen molar-refractivity contribution in [3.05, 3.63) is 125 Å². The minimum absolute atomic E-state index is 1.15. The lowest BCUT2D eigenvalue weighted by Gasteiger charge is -2.25. The van der Waals surface area contributed by atoms with Gasteiger partial charge in [-0.2, -0.15) is 0 Å². The van der Waals surface area contributed by atoms with Crippen LogP contribution in [0, 0.1) is 20.8 Å². The lowest BCUT2D eigenvalue weighted by molar-refractivity contribution is 1.27. The molecule has 0 saturated carbocycles. The highest BCUT2D eigenvalue weighted by Gasteiger charge is 2.12. The van der Waals surface area contributed by atoms with Crippen molar-refractivity contribution >= 4 is 29.2 Å². The molecule has 0 aliphatic heterocycles. The summed E-state index contributed by atoms with van der Waals surface area (Å²) in [7, 11) is 0. The van der Waals surface area contributed by atoms with E-state index in [4.69, 9.17) is 0 Å². The second kappa shape index (κ2) is 8.84. The molecule has 0 radical (unpaired) electrons. The summed E-state index contributed by atoms with van der Waals surface area (Å²) in [5.41, 5.74) is 9.68. The fourth-order valence-electron chi connectivity index (χ4n) is 3.54. The zero-order valence-corrected chi connectivity index (χ0v) is 17.8. The number of nitrogens with zero attached hydrogens (tertiary/aromatic N) is 1. The van der Waals surface area contributed by atoms with Crippen LogP contribution in [0.4, 0.5) is 17.1 Å². The fraction of sp³-hybridized carbons (Fsp3) is 0.103. The largest absolute Gasteiger partial charge is 0.311 e. The van der Waals surface area contributed by atoms with E-state index in [2.05, 4.69) is 135 Å². The average Bonchev–Trinajstić information content (AvgIpc) is 2.76. The standard InChI is InChI=1S/C29H27N/c1-22-7-15-27(16-8-22)30(28-17-9-23(2)10-18-28)29-19-13-25(14-20-29)11-12-26-6-4-5-24(3)21-26/h4-21H,1-3H3/b12-11+. The molecule has 4 aromatic carbocycles. The number of rotatable bonds is 5. The number of anilines is 3. The second-order valence-corrected chi connectivity index (χ2v) is 7.85. The third kappa shape index (κ3) is 4.69. The first-order chi connectivity index (χ1) is 14.6. The molecule has 0 aromatic heterocycles. The molecule has 148 valence electrons. The van der Waals surface area contributed by atoms with Gasteiger partial charge in [0, 0.05) is 17.1 Å². The molecule has 0 unspecified atom stereocenters. The maximum absolute atomic E-state index is 2.30. The Morgan fingerprint density at radius 1 is 0.467 bits per heavy atom. The van der Waals surface area contributed by atoms with Crippen molar-refractivity contribution in [2.45, 2.75) is 20.8 Å². The molecule has 0 atom stereocenters. The van der Waals surface area contributed by atoms with Crippen LogP contribution in [0.2, 0.25) is 0 Å². The third-order valence-electron chi connectivity index (χ3n) is 5.25. The van der Waals surface area contributed by atoms with Gasteiger partial charge < -0.3 is 4.90 Å². The average molecular weight is 390 g/mol. The summed E-state index contributed by atoms with van der Waals surface area (Å²) in [5.74, 6) is 0. The van der Waals surface area contributed by atoms with Gasteiger partial charge in [-0.05, 0) is 68.3 Å². The van der Waals surface area contributed by atoms with E-state index in [0.717, 1.165) is 17.1 Å². The number of aryl methyl sites for hydroxylation is 3. The minimum atomic E-state index is 1.15. The van der Waals surface area contributed by atoms with Gasteiger partial charge in [-0.1, -0.05) is 89.5 Å². The van der Waals surface area contributed by atoms with Gasteiger partial charge in [0.05, 0.1) is 0 Å². The second-order valence-electron chi connectivity index (χ2n) is 7.85. The van der Waals surface area contributed by atoms with Crippen LogP contribution in [0.1, 0.15) is 27.8 Å².